The van der Waals surface area contributed by atoms with Gasteiger partial charge in [-0.2, -0.15) is 0 Å². The molecule has 1 aromatic carbocycles. The van der Waals surface area contributed by atoms with Crippen LogP contribution in [0, 0.1) is 11.8 Å². The van der Waals surface area contributed by atoms with Gasteiger partial charge < -0.3 is 9.84 Å². The monoisotopic (exact) mass is 289 g/mol. The van der Waals surface area contributed by atoms with E-state index in [1.165, 1.54) is 0 Å². The van der Waals surface area contributed by atoms with Gasteiger partial charge in [0.05, 0.1) is 13.7 Å². The Hall–Kier alpha value is -1.50. The Morgan fingerprint density at radius 3 is 2.67 bits per heavy atom. The second-order valence-electron chi connectivity index (χ2n) is 5.12. The molecule has 0 aliphatic rings. The van der Waals surface area contributed by atoms with Crippen molar-refractivity contribution in [1.82, 2.24) is 4.90 Å². The number of hydrogen-bond acceptors (Lipinski definition) is 3. The van der Waals surface area contributed by atoms with Crippen LogP contribution in [0.1, 0.15) is 44.7 Å². The van der Waals surface area contributed by atoms with Crippen LogP contribution in [0.4, 0.5) is 0 Å². The first-order chi connectivity index (χ1) is 10.2. The molecular formula is C18H27NO2. The number of nitrogens with zero attached hydrogens (tertiary/aromatic N) is 1. The molecule has 0 spiro atoms. The van der Waals surface area contributed by atoms with Crippen LogP contribution in [0.5, 0.6) is 5.75 Å². The Kier molecular flexibility index (Phi) is 7.89. The van der Waals surface area contributed by atoms with E-state index in [9.17, 15) is 0 Å². The van der Waals surface area contributed by atoms with Crippen molar-refractivity contribution >= 4 is 0 Å². The summed E-state index contributed by atoms with van der Waals surface area (Å²) >= 11 is 0. The molecule has 1 aromatic rings. The number of ether oxygens (including phenoxy) is 1. The summed E-state index contributed by atoms with van der Waals surface area (Å²) in [6.45, 7) is 8.63. The van der Waals surface area contributed by atoms with E-state index in [2.05, 4.69) is 43.6 Å². The first kappa shape index (κ1) is 17.6. The lowest BCUT2D eigenvalue weighted by Crippen LogP contribution is -2.32. The Morgan fingerprint density at radius 2 is 2.10 bits per heavy atom. The standard InChI is InChI=1S/C18H27NO2/c1-5-15(3)19(6-2)14-17-13-16(9-7-8-12-20)10-11-18(17)21-4/h10-11,13,15,20H,5-6,8,12,14H2,1-4H3. The molecule has 3 nitrogen and oxygen atoms in total. The van der Waals surface area contributed by atoms with Gasteiger partial charge in [0.15, 0.2) is 0 Å². The van der Waals surface area contributed by atoms with Gasteiger partial charge in [0, 0.05) is 30.1 Å². The normalized spacial score (nSPS) is 11.9. The van der Waals surface area contributed by atoms with E-state index >= 15 is 0 Å². The minimum absolute atomic E-state index is 0.105. The summed E-state index contributed by atoms with van der Waals surface area (Å²) < 4.78 is 5.47. The molecule has 0 fully saturated rings. The van der Waals surface area contributed by atoms with E-state index in [0.29, 0.717) is 12.5 Å². The van der Waals surface area contributed by atoms with Crippen LogP contribution in [-0.2, 0) is 6.54 Å². The molecule has 1 rings (SSSR count). The first-order valence-electron chi connectivity index (χ1n) is 7.66. The Morgan fingerprint density at radius 1 is 1.33 bits per heavy atom. The largest absolute Gasteiger partial charge is 0.496 e. The van der Waals surface area contributed by atoms with E-state index < -0.39 is 0 Å². The van der Waals surface area contributed by atoms with E-state index in [0.717, 1.165) is 36.4 Å². The quantitative estimate of drug-likeness (QED) is 0.783. The van der Waals surface area contributed by atoms with Crippen LogP contribution in [0.3, 0.4) is 0 Å². The van der Waals surface area contributed by atoms with Crippen molar-refractivity contribution in [1.29, 1.82) is 0 Å². The van der Waals surface area contributed by atoms with Crippen molar-refractivity contribution in [3.63, 3.8) is 0 Å². The molecule has 1 atom stereocenters. The van der Waals surface area contributed by atoms with Gasteiger partial charge in [0.2, 0.25) is 0 Å². The van der Waals surface area contributed by atoms with Gasteiger partial charge >= 0.3 is 0 Å². The van der Waals surface area contributed by atoms with Crippen LogP contribution in [-0.4, -0.2) is 36.3 Å². The minimum atomic E-state index is 0.105. The predicted octanol–water partition coefficient (Wildman–Crippen LogP) is 3.05. The van der Waals surface area contributed by atoms with E-state index in [4.69, 9.17) is 9.84 Å². The van der Waals surface area contributed by atoms with Gasteiger partial charge in [-0.25, -0.2) is 0 Å². The summed E-state index contributed by atoms with van der Waals surface area (Å²) in [5, 5.41) is 8.79. The van der Waals surface area contributed by atoms with Gasteiger partial charge in [0.1, 0.15) is 5.75 Å². The second-order valence-corrected chi connectivity index (χ2v) is 5.12. The van der Waals surface area contributed by atoms with Crippen molar-refractivity contribution in [3.05, 3.63) is 29.3 Å². The third-order valence-corrected chi connectivity index (χ3v) is 3.74. The highest BCUT2D eigenvalue weighted by atomic mass is 16.5. The Bertz CT molecular complexity index is 488. The lowest BCUT2D eigenvalue weighted by Gasteiger charge is -2.27. The van der Waals surface area contributed by atoms with E-state index in [1.54, 1.807) is 7.11 Å². The van der Waals surface area contributed by atoms with Crippen molar-refractivity contribution < 1.29 is 9.84 Å². The van der Waals surface area contributed by atoms with Gasteiger partial charge in [-0.15, -0.1) is 0 Å². The molecule has 1 N–H and O–H groups in total. The summed E-state index contributed by atoms with van der Waals surface area (Å²) in [6, 6.07) is 6.58. The third kappa shape index (κ3) is 5.41. The first-order valence-corrected chi connectivity index (χ1v) is 7.66. The molecule has 0 heterocycles. The third-order valence-electron chi connectivity index (χ3n) is 3.74. The SMILES string of the molecule is CCC(C)N(CC)Cc1cc(C#CCCO)ccc1OC. The maximum Gasteiger partial charge on any atom is 0.123 e. The molecule has 116 valence electrons. The number of hydrogen-bond donors (Lipinski definition) is 1. The van der Waals surface area contributed by atoms with Crippen LogP contribution in [0.25, 0.3) is 0 Å². The molecule has 0 saturated carbocycles. The fraction of sp³-hybridized carbons (Fsp3) is 0.556. The molecule has 0 saturated heterocycles. The molecule has 1 unspecified atom stereocenters. The minimum Gasteiger partial charge on any atom is -0.496 e. The van der Waals surface area contributed by atoms with Crippen LogP contribution in [0.15, 0.2) is 18.2 Å². The smallest absolute Gasteiger partial charge is 0.123 e. The number of methoxy groups -OCH3 is 1. The number of benzene rings is 1. The highest BCUT2D eigenvalue weighted by Crippen LogP contribution is 2.22. The molecule has 0 aromatic heterocycles. The van der Waals surface area contributed by atoms with Crippen LogP contribution in [0.2, 0.25) is 0 Å². The van der Waals surface area contributed by atoms with Crippen molar-refractivity contribution in [2.45, 2.75) is 46.2 Å². The molecule has 0 amide bonds. The van der Waals surface area contributed by atoms with Gasteiger partial charge in [-0.05, 0) is 38.1 Å². The highest BCUT2D eigenvalue weighted by molar-refractivity contribution is 5.44. The Labute approximate surface area is 128 Å². The van der Waals surface area contributed by atoms with E-state index in [1.807, 2.05) is 12.1 Å². The zero-order valence-electron chi connectivity index (χ0n) is 13.6. The lowest BCUT2D eigenvalue weighted by molar-refractivity contribution is 0.203. The zero-order chi connectivity index (χ0) is 15.7. The summed E-state index contributed by atoms with van der Waals surface area (Å²) in [7, 11) is 1.70. The summed E-state index contributed by atoms with van der Waals surface area (Å²) in [6.07, 6.45) is 1.64. The van der Waals surface area contributed by atoms with Gasteiger partial charge in [0.25, 0.3) is 0 Å². The highest BCUT2D eigenvalue weighted by Gasteiger charge is 2.13. The summed E-state index contributed by atoms with van der Waals surface area (Å²) in [4.78, 5) is 2.43. The maximum atomic E-state index is 8.79. The fourth-order valence-electron chi connectivity index (χ4n) is 2.26. The van der Waals surface area contributed by atoms with Crippen molar-refractivity contribution in [2.24, 2.45) is 0 Å². The van der Waals surface area contributed by atoms with Crippen LogP contribution < -0.4 is 4.74 Å². The number of aliphatic hydroxyl groups is 1. The van der Waals surface area contributed by atoms with Gasteiger partial charge in [-0.3, -0.25) is 4.90 Å². The number of rotatable bonds is 7. The molecule has 0 radical (unpaired) electrons. The second kappa shape index (κ2) is 9.44. The van der Waals surface area contributed by atoms with Crippen molar-refractivity contribution in [2.75, 3.05) is 20.3 Å². The Balaban J connectivity index is 2.97. The topological polar surface area (TPSA) is 32.7 Å². The van der Waals surface area contributed by atoms with Crippen LogP contribution >= 0.6 is 0 Å². The molecule has 0 bridgehead atoms. The van der Waals surface area contributed by atoms with Crippen molar-refractivity contribution in [3.8, 4) is 17.6 Å². The zero-order valence-corrected chi connectivity index (χ0v) is 13.6. The summed E-state index contributed by atoms with van der Waals surface area (Å²) in [5.41, 5.74) is 2.13. The molecule has 0 aliphatic heterocycles. The average Bonchev–Trinajstić information content (AvgIpc) is 2.52. The average molecular weight is 289 g/mol. The fourth-order valence-corrected chi connectivity index (χ4v) is 2.26. The molecular weight excluding hydrogens is 262 g/mol. The molecule has 21 heavy (non-hydrogen) atoms. The molecule has 3 heteroatoms. The van der Waals surface area contributed by atoms with Gasteiger partial charge in [-0.1, -0.05) is 25.7 Å². The molecule has 0 aliphatic carbocycles. The summed E-state index contributed by atoms with van der Waals surface area (Å²) in [5.74, 6) is 6.96. The predicted molar refractivity (Wildman–Crippen MR) is 87.4 cm³/mol. The van der Waals surface area contributed by atoms with E-state index in [-0.39, 0.29) is 6.61 Å². The lowest BCUT2D eigenvalue weighted by atomic mass is 10.1. The maximum absolute atomic E-state index is 8.79. The number of aliphatic hydroxyl groups excluding tert-OH is 1.